The molecule has 6 aromatic carbocycles. The van der Waals surface area contributed by atoms with Crippen molar-refractivity contribution in [1.29, 1.82) is 0 Å². The van der Waals surface area contributed by atoms with Crippen LogP contribution in [0.3, 0.4) is 0 Å². The molecule has 0 saturated heterocycles. The van der Waals surface area contributed by atoms with Gasteiger partial charge in [0.1, 0.15) is 23.0 Å². The largest absolute Gasteiger partial charge is 0.507 e. The molecule has 0 heterocycles. The number of hydrogen-bond acceptors (Lipinski definition) is 5. The van der Waals surface area contributed by atoms with Crippen molar-refractivity contribution in [2.45, 2.75) is 13.2 Å². The number of benzene rings is 6. The molecule has 0 fully saturated rings. The number of phenolic OH excluding ortho intramolecular Hbond substituents is 4. The zero-order valence-corrected chi connectivity index (χ0v) is 21.0. The molecule has 0 spiro atoms. The SMILES string of the molecule is Oc1ccccc1-c1cccc(COCc2cc3ccccc3c(-c3c(O)ccc4ccccc34)c2O)c1O. The summed E-state index contributed by atoms with van der Waals surface area (Å²) in [7, 11) is 0. The van der Waals surface area contributed by atoms with Crippen molar-refractivity contribution in [2.24, 2.45) is 0 Å². The Morgan fingerprint density at radius 3 is 1.90 bits per heavy atom. The van der Waals surface area contributed by atoms with E-state index in [-0.39, 0.29) is 36.2 Å². The molecule has 0 aliphatic carbocycles. The minimum absolute atomic E-state index is 0.0306. The molecule has 0 unspecified atom stereocenters. The second-order valence-corrected chi connectivity index (χ2v) is 9.48. The van der Waals surface area contributed by atoms with Gasteiger partial charge in [0, 0.05) is 33.4 Å². The predicted octanol–water partition coefficient (Wildman–Crippen LogP) is 7.87. The van der Waals surface area contributed by atoms with E-state index in [2.05, 4.69) is 0 Å². The first-order chi connectivity index (χ1) is 19.0. The molecule has 39 heavy (non-hydrogen) atoms. The van der Waals surface area contributed by atoms with Crippen molar-refractivity contribution in [3.8, 4) is 45.3 Å². The van der Waals surface area contributed by atoms with Crippen LogP contribution in [0.4, 0.5) is 0 Å². The molecular formula is C34H26O5. The van der Waals surface area contributed by atoms with E-state index >= 15 is 0 Å². The Balaban J connectivity index is 1.37. The van der Waals surface area contributed by atoms with E-state index in [1.54, 1.807) is 48.5 Å². The lowest BCUT2D eigenvalue weighted by atomic mass is 9.90. The van der Waals surface area contributed by atoms with Crippen LogP contribution < -0.4 is 0 Å². The van der Waals surface area contributed by atoms with Gasteiger partial charge in [0.25, 0.3) is 0 Å². The van der Waals surface area contributed by atoms with Gasteiger partial charge in [-0.1, -0.05) is 91.0 Å². The van der Waals surface area contributed by atoms with Crippen molar-refractivity contribution >= 4 is 21.5 Å². The third kappa shape index (κ3) is 4.39. The van der Waals surface area contributed by atoms with Crippen LogP contribution in [0.25, 0.3) is 43.8 Å². The first kappa shape index (κ1) is 24.3. The van der Waals surface area contributed by atoms with Gasteiger partial charge in [-0.25, -0.2) is 0 Å². The van der Waals surface area contributed by atoms with Gasteiger partial charge in [0.05, 0.1) is 13.2 Å². The van der Waals surface area contributed by atoms with Crippen LogP contribution in [-0.4, -0.2) is 20.4 Å². The molecular weight excluding hydrogens is 488 g/mol. The van der Waals surface area contributed by atoms with E-state index in [0.29, 0.717) is 33.4 Å². The molecule has 0 atom stereocenters. The number of ether oxygens (including phenoxy) is 1. The Labute approximate surface area is 225 Å². The summed E-state index contributed by atoms with van der Waals surface area (Å²) in [4.78, 5) is 0. The summed E-state index contributed by atoms with van der Waals surface area (Å²) in [6.45, 7) is 0.170. The first-order valence-electron chi connectivity index (χ1n) is 12.6. The van der Waals surface area contributed by atoms with Crippen molar-refractivity contribution in [1.82, 2.24) is 0 Å². The van der Waals surface area contributed by atoms with Gasteiger partial charge >= 0.3 is 0 Å². The number of phenols is 4. The van der Waals surface area contributed by atoms with Crippen LogP contribution in [0.5, 0.6) is 23.0 Å². The third-order valence-corrected chi connectivity index (χ3v) is 7.09. The zero-order chi connectivity index (χ0) is 26.9. The lowest BCUT2D eigenvalue weighted by Crippen LogP contribution is -1.98. The van der Waals surface area contributed by atoms with Gasteiger partial charge in [-0.05, 0) is 39.7 Å². The van der Waals surface area contributed by atoms with Gasteiger partial charge in [-0.15, -0.1) is 0 Å². The number of rotatable bonds is 6. The Bertz CT molecular complexity index is 1840. The molecule has 6 aromatic rings. The highest BCUT2D eigenvalue weighted by atomic mass is 16.5. The Kier molecular flexibility index (Phi) is 6.27. The molecule has 5 nitrogen and oxygen atoms in total. The van der Waals surface area contributed by atoms with Crippen molar-refractivity contribution < 1.29 is 25.2 Å². The molecule has 5 heteroatoms. The monoisotopic (exact) mass is 514 g/mol. The summed E-state index contributed by atoms with van der Waals surface area (Å²) in [5.74, 6) is 0.227. The van der Waals surface area contributed by atoms with E-state index in [4.69, 9.17) is 4.74 Å². The van der Waals surface area contributed by atoms with Crippen molar-refractivity contribution in [3.63, 3.8) is 0 Å². The zero-order valence-electron chi connectivity index (χ0n) is 21.0. The highest BCUT2D eigenvalue weighted by Gasteiger charge is 2.20. The van der Waals surface area contributed by atoms with Crippen molar-refractivity contribution in [3.05, 3.63) is 120 Å². The Hall–Kier alpha value is -5.00. The van der Waals surface area contributed by atoms with Gasteiger partial charge in [-0.2, -0.15) is 0 Å². The summed E-state index contributed by atoms with van der Waals surface area (Å²) in [5, 5.41) is 47.1. The minimum atomic E-state index is 0.0306. The van der Waals surface area contributed by atoms with Gasteiger partial charge in [-0.3, -0.25) is 0 Å². The molecule has 0 amide bonds. The van der Waals surface area contributed by atoms with E-state index < -0.39 is 0 Å². The second kappa shape index (κ2) is 10.0. The Morgan fingerprint density at radius 2 is 1.10 bits per heavy atom. The van der Waals surface area contributed by atoms with Crippen LogP contribution in [0.15, 0.2) is 109 Å². The fourth-order valence-corrected chi connectivity index (χ4v) is 5.18. The fraction of sp³-hybridized carbons (Fsp3) is 0.0588. The molecule has 0 aliphatic rings. The van der Waals surface area contributed by atoms with Crippen LogP contribution in [-0.2, 0) is 18.0 Å². The predicted molar refractivity (Wildman–Crippen MR) is 154 cm³/mol. The lowest BCUT2D eigenvalue weighted by molar-refractivity contribution is 0.104. The summed E-state index contributed by atoms with van der Waals surface area (Å²) in [6, 6.07) is 33.0. The minimum Gasteiger partial charge on any atom is -0.507 e. The average Bonchev–Trinajstić information content (AvgIpc) is 2.95. The summed E-state index contributed by atoms with van der Waals surface area (Å²) in [5.41, 5.74) is 3.28. The average molecular weight is 515 g/mol. The van der Waals surface area contributed by atoms with Crippen LogP contribution in [0.1, 0.15) is 11.1 Å². The molecule has 4 N–H and O–H groups in total. The molecule has 0 aromatic heterocycles. The van der Waals surface area contributed by atoms with E-state index in [1.807, 2.05) is 60.7 Å². The number of fused-ring (bicyclic) bond motifs is 2. The van der Waals surface area contributed by atoms with E-state index in [9.17, 15) is 20.4 Å². The molecule has 0 radical (unpaired) electrons. The first-order valence-corrected chi connectivity index (χ1v) is 12.6. The summed E-state index contributed by atoms with van der Waals surface area (Å²) < 4.78 is 6.00. The van der Waals surface area contributed by atoms with Crippen molar-refractivity contribution in [2.75, 3.05) is 0 Å². The summed E-state index contributed by atoms with van der Waals surface area (Å²) in [6.07, 6.45) is 0. The van der Waals surface area contributed by atoms with Crippen LogP contribution >= 0.6 is 0 Å². The standard InChI is InChI=1S/C34H26O5/c35-29-15-6-5-13-27(29)28-14-7-10-23(33(28)37)19-39-20-24-18-22-9-2-4-12-26(22)32(34(24)38)31-25-11-3-1-8-21(25)16-17-30(31)36/h1-18,35-38H,19-20H2. The highest BCUT2D eigenvalue weighted by molar-refractivity contribution is 6.10. The smallest absolute Gasteiger partial charge is 0.129 e. The third-order valence-electron chi connectivity index (χ3n) is 7.09. The van der Waals surface area contributed by atoms with E-state index in [1.165, 1.54) is 0 Å². The number of aromatic hydroxyl groups is 4. The maximum Gasteiger partial charge on any atom is 0.129 e. The fourth-order valence-electron chi connectivity index (χ4n) is 5.18. The van der Waals surface area contributed by atoms with Gasteiger partial charge in [0.15, 0.2) is 0 Å². The maximum absolute atomic E-state index is 11.5. The molecule has 0 aliphatic heterocycles. The normalized spacial score (nSPS) is 11.3. The van der Waals surface area contributed by atoms with E-state index in [0.717, 1.165) is 21.5 Å². The Morgan fingerprint density at radius 1 is 0.462 bits per heavy atom. The number of hydrogen-bond donors (Lipinski definition) is 4. The van der Waals surface area contributed by atoms with Gasteiger partial charge in [0.2, 0.25) is 0 Å². The van der Waals surface area contributed by atoms with Crippen LogP contribution in [0.2, 0.25) is 0 Å². The summed E-state index contributed by atoms with van der Waals surface area (Å²) >= 11 is 0. The highest BCUT2D eigenvalue weighted by Crippen LogP contribution is 2.46. The molecule has 0 bridgehead atoms. The topological polar surface area (TPSA) is 90.2 Å². The molecule has 0 saturated carbocycles. The van der Waals surface area contributed by atoms with Crippen LogP contribution in [0, 0.1) is 0 Å². The maximum atomic E-state index is 11.5. The lowest BCUT2D eigenvalue weighted by Gasteiger charge is -2.17. The number of para-hydroxylation sites is 2. The van der Waals surface area contributed by atoms with Gasteiger partial charge < -0.3 is 25.2 Å². The second-order valence-electron chi connectivity index (χ2n) is 9.48. The molecule has 6 rings (SSSR count). The molecule has 192 valence electrons. The quantitative estimate of drug-likeness (QED) is 0.182.